The van der Waals surface area contributed by atoms with Crippen molar-refractivity contribution < 1.29 is 4.39 Å². The van der Waals surface area contributed by atoms with Crippen molar-refractivity contribution in [1.82, 2.24) is 29.5 Å². The molecule has 6 rings (SSSR count). The first-order chi connectivity index (χ1) is 15.7. The van der Waals surface area contributed by atoms with Crippen molar-refractivity contribution in [1.29, 1.82) is 0 Å². The van der Waals surface area contributed by atoms with Crippen molar-refractivity contribution in [2.45, 2.75) is 6.04 Å². The smallest absolute Gasteiger partial charge is 0.270 e. The summed E-state index contributed by atoms with van der Waals surface area (Å²) < 4.78 is 16.0. The molecule has 1 saturated heterocycles. The van der Waals surface area contributed by atoms with Crippen molar-refractivity contribution in [2.75, 3.05) is 23.3 Å². The van der Waals surface area contributed by atoms with Crippen molar-refractivity contribution >= 4 is 33.8 Å². The molecule has 2 N–H and O–H groups in total. The van der Waals surface area contributed by atoms with Crippen LogP contribution in [0.15, 0.2) is 66.0 Å². The molecule has 1 aliphatic heterocycles. The fourth-order valence-corrected chi connectivity index (χ4v) is 4.00. The molecule has 10 heteroatoms. The topological polar surface area (TPSA) is 105 Å². The Morgan fingerprint density at radius 1 is 1.03 bits per heavy atom. The van der Waals surface area contributed by atoms with E-state index in [0.717, 1.165) is 5.52 Å². The number of nitrogens with zero attached hydrogens (tertiary/aromatic N) is 6. The summed E-state index contributed by atoms with van der Waals surface area (Å²) in [4.78, 5) is 35.6. The number of anilines is 2. The van der Waals surface area contributed by atoms with Gasteiger partial charge in [-0.05, 0) is 24.3 Å². The Hall–Kier alpha value is -4.34. The van der Waals surface area contributed by atoms with Gasteiger partial charge in [-0.2, -0.15) is 0 Å². The molecule has 3 aromatic heterocycles. The highest BCUT2D eigenvalue weighted by Gasteiger charge is 2.32. The molecule has 0 aliphatic carbocycles. The largest absolute Gasteiger partial charge is 0.362 e. The van der Waals surface area contributed by atoms with Crippen LogP contribution in [-0.2, 0) is 0 Å². The Morgan fingerprint density at radius 2 is 1.88 bits per heavy atom. The van der Waals surface area contributed by atoms with Crippen LogP contribution in [0.5, 0.6) is 0 Å². The first-order valence-corrected chi connectivity index (χ1v) is 10.1. The van der Waals surface area contributed by atoms with Gasteiger partial charge in [0.1, 0.15) is 23.0 Å². The molecular weight excluding hydrogens is 411 g/mol. The normalized spacial score (nSPS) is 14.1. The van der Waals surface area contributed by atoms with E-state index in [1.54, 1.807) is 18.5 Å². The van der Waals surface area contributed by atoms with E-state index < -0.39 is 11.4 Å². The first-order valence-electron chi connectivity index (χ1n) is 10.1. The minimum absolute atomic E-state index is 0.0158. The van der Waals surface area contributed by atoms with Gasteiger partial charge < -0.3 is 15.2 Å². The standard InChI is InChI=1S/C22H17FN8O/c23-15-7-4-8-16-17(15)21(32)31(14-5-2-1-3-6-14)22(29-16)30-9-13(10-30)28-20-18-19(25-11-24-18)26-12-27-20/h1-8,11-13H,9-10H2,(H2,24,25,26,27,28). The van der Waals surface area contributed by atoms with Crippen LogP contribution >= 0.6 is 0 Å². The summed E-state index contributed by atoms with van der Waals surface area (Å²) in [5, 5.41) is 3.37. The number of aromatic amines is 1. The lowest BCUT2D eigenvalue weighted by Crippen LogP contribution is -2.56. The summed E-state index contributed by atoms with van der Waals surface area (Å²) in [6.07, 6.45) is 3.04. The summed E-state index contributed by atoms with van der Waals surface area (Å²) in [6.45, 7) is 1.19. The molecule has 1 fully saturated rings. The minimum Gasteiger partial charge on any atom is -0.362 e. The quantitative estimate of drug-likeness (QED) is 0.453. The van der Waals surface area contributed by atoms with Gasteiger partial charge in [-0.3, -0.25) is 4.79 Å². The van der Waals surface area contributed by atoms with E-state index in [9.17, 15) is 9.18 Å². The predicted octanol–water partition coefficient (Wildman–Crippen LogP) is 2.49. The highest BCUT2D eigenvalue weighted by atomic mass is 19.1. The highest BCUT2D eigenvalue weighted by Crippen LogP contribution is 2.26. The molecule has 4 heterocycles. The molecule has 32 heavy (non-hydrogen) atoms. The Kier molecular flexibility index (Phi) is 4.10. The number of hydrogen-bond donors (Lipinski definition) is 2. The van der Waals surface area contributed by atoms with Crippen LogP contribution in [-0.4, -0.2) is 48.6 Å². The monoisotopic (exact) mass is 428 g/mol. The number of rotatable bonds is 4. The van der Waals surface area contributed by atoms with Crippen molar-refractivity contribution in [3.8, 4) is 5.69 Å². The number of H-pyrrole nitrogens is 1. The predicted molar refractivity (Wildman–Crippen MR) is 119 cm³/mol. The van der Waals surface area contributed by atoms with Gasteiger partial charge >= 0.3 is 0 Å². The van der Waals surface area contributed by atoms with Gasteiger partial charge in [-0.15, -0.1) is 0 Å². The van der Waals surface area contributed by atoms with E-state index in [-0.39, 0.29) is 11.4 Å². The van der Waals surface area contributed by atoms with Gasteiger partial charge in [0.05, 0.1) is 23.6 Å². The Balaban J connectivity index is 1.37. The van der Waals surface area contributed by atoms with Gasteiger partial charge in [0.15, 0.2) is 11.5 Å². The van der Waals surface area contributed by atoms with E-state index >= 15 is 0 Å². The number of para-hydroxylation sites is 1. The van der Waals surface area contributed by atoms with Gasteiger partial charge in [0.2, 0.25) is 5.95 Å². The molecule has 0 amide bonds. The summed E-state index contributed by atoms with van der Waals surface area (Å²) in [6, 6.07) is 13.7. The summed E-state index contributed by atoms with van der Waals surface area (Å²) in [5.74, 6) is 0.574. The van der Waals surface area contributed by atoms with Gasteiger partial charge in [-0.1, -0.05) is 24.3 Å². The lowest BCUT2D eigenvalue weighted by atomic mass is 10.1. The maximum Gasteiger partial charge on any atom is 0.270 e. The number of halogens is 1. The van der Waals surface area contributed by atoms with Crippen molar-refractivity contribution in [3.63, 3.8) is 0 Å². The zero-order valence-corrected chi connectivity index (χ0v) is 16.7. The molecule has 158 valence electrons. The number of imidazole rings is 1. The number of aromatic nitrogens is 6. The van der Waals surface area contributed by atoms with E-state index in [4.69, 9.17) is 0 Å². The van der Waals surface area contributed by atoms with E-state index in [0.29, 0.717) is 41.7 Å². The Labute approximate surface area is 180 Å². The molecule has 5 aromatic rings. The van der Waals surface area contributed by atoms with Crippen LogP contribution in [0.3, 0.4) is 0 Å². The van der Waals surface area contributed by atoms with Gasteiger partial charge in [0, 0.05) is 13.1 Å². The van der Waals surface area contributed by atoms with Crippen LogP contribution in [0, 0.1) is 5.82 Å². The van der Waals surface area contributed by atoms with Crippen molar-refractivity contribution in [3.05, 3.63) is 77.4 Å². The maximum absolute atomic E-state index is 14.5. The lowest BCUT2D eigenvalue weighted by molar-refractivity contribution is 0.531. The second kappa shape index (κ2) is 7.12. The van der Waals surface area contributed by atoms with Crippen molar-refractivity contribution in [2.24, 2.45) is 0 Å². The molecule has 2 aromatic carbocycles. The number of hydrogen-bond acceptors (Lipinski definition) is 7. The van der Waals surface area contributed by atoms with Crippen LogP contribution in [0.2, 0.25) is 0 Å². The molecule has 0 bridgehead atoms. The second-order valence-corrected chi connectivity index (χ2v) is 7.59. The van der Waals surface area contributed by atoms with E-state index in [1.807, 2.05) is 35.2 Å². The average Bonchev–Trinajstić information content (AvgIpc) is 3.26. The highest BCUT2D eigenvalue weighted by molar-refractivity contribution is 5.82. The number of fused-ring (bicyclic) bond motifs is 2. The lowest BCUT2D eigenvalue weighted by Gasteiger charge is -2.41. The Morgan fingerprint density at radius 3 is 2.72 bits per heavy atom. The fraction of sp³-hybridized carbons (Fsp3) is 0.136. The Bertz CT molecular complexity index is 1510. The second-order valence-electron chi connectivity index (χ2n) is 7.59. The first kappa shape index (κ1) is 18.4. The van der Waals surface area contributed by atoms with E-state index in [1.165, 1.54) is 17.0 Å². The third-order valence-corrected chi connectivity index (χ3v) is 5.57. The van der Waals surface area contributed by atoms with Crippen LogP contribution in [0.4, 0.5) is 16.2 Å². The fourth-order valence-electron chi connectivity index (χ4n) is 4.00. The number of benzene rings is 2. The molecular formula is C22H17FN8O. The van der Waals surface area contributed by atoms with Crippen LogP contribution in [0.25, 0.3) is 27.8 Å². The third kappa shape index (κ3) is 2.88. The molecule has 0 unspecified atom stereocenters. The summed E-state index contributed by atoms with van der Waals surface area (Å²) in [7, 11) is 0. The molecule has 0 spiro atoms. The van der Waals surface area contributed by atoms with E-state index in [2.05, 4.69) is 30.2 Å². The SMILES string of the molecule is O=c1c2c(F)cccc2nc(N2CC(Nc3ncnc4nc[nH]c34)C2)n1-c1ccccc1. The molecule has 0 atom stereocenters. The molecule has 9 nitrogen and oxygen atoms in total. The molecule has 0 saturated carbocycles. The zero-order chi connectivity index (χ0) is 21.7. The average molecular weight is 428 g/mol. The summed E-state index contributed by atoms with van der Waals surface area (Å²) >= 11 is 0. The maximum atomic E-state index is 14.5. The number of nitrogens with one attached hydrogen (secondary N) is 2. The zero-order valence-electron chi connectivity index (χ0n) is 16.7. The third-order valence-electron chi connectivity index (χ3n) is 5.57. The molecule has 1 aliphatic rings. The summed E-state index contributed by atoms with van der Waals surface area (Å²) in [5.41, 5.74) is 1.88. The van der Waals surface area contributed by atoms with Gasteiger partial charge in [-0.25, -0.2) is 28.9 Å². The van der Waals surface area contributed by atoms with Crippen LogP contribution < -0.4 is 15.8 Å². The minimum atomic E-state index is -0.577. The van der Waals surface area contributed by atoms with Crippen LogP contribution in [0.1, 0.15) is 0 Å². The molecule has 0 radical (unpaired) electrons. The van der Waals surface area contributed by atoms with Gasteiger partial charge in [0.25, 0.3) is 5.56 Å².